The maximum absolute atomic E-state index is 2.79. The lowest BCUT2D eigenvalue weighted by Crippen LogP contribution is -2.45. The Balaban J connectivity index is 2.24. The van der Waals surface area contributed by atoms with Crippen molar-refractivity contribution in [2.45, 2.75) is 58.5 Å². The smallest absolute Gasteiger partial charge is 0.0239 e. The Labute approximate surface area is 82.5 Å². The van der Waals surface area contributed by atoms with Crippen molar-refractivity contribution in [3.05, 3.63) is 0 Å². The highest BCUT2D eigenvalue weighted by Crippen LogP contribution is 2.48. The minimum Gasteiger partial charge on any atom is -0.294 e. The Hall–Kier alpha value is -0.0400. The summed E-state index contributed by atoms with van der Waals surface area (Å²) >= 11 is 0. The van der Waals surface area contributed by atoms with E-state index in [1.807, 2.05) is 0 Å². The van der Waals surface area contributed by atoms with Crippen LogP contribution in [-0.4, -0.2) is 23.0 Å². The minimum absolute atomic E-state index is 0.582. The summed E-state index contributed by atoms with van der Waals surface area (Å²) in [5.41, 5.74) is 0.582. The van der Waals surface area contributed by atoms with Crippen LogP contribution in [0.4, 0.5) is 0 Å². The molecule has 3 unspecified atom stereocenters. The second kappa shape index (κ2) is 2.98. The summed E-state index contributed by atoms with van der Waals surface area (Å²) in [6.07, 6.45) is 4.30. The summed E-state index contributed by atoms with van der Waals surface area (Å²) in [7, 11) is 0. The molecule has 0 aromatic carbocycles. The SMILES string of the molecule is CC1CN2C(C)CCC2(C(C)C)C1. The fraction of sp³-hybridized carbons (Fsp3) is 1.00. The molecule has 2 aliphatic heterocycles. The normalized spacial score (nSPS) is 45.9. The van der Waals surface area contributed by atoms with E-state index in [1.54, 1.807) is 0 Å². The first-order valence-corrected chi connectivity index (χ1v) is 5.83. The van der Waals surface area contributed by atoms with Gasteiger partial charge in [-0.25, -0.2) is 0 Å². The predicted octanol–water partition coefficient (Wildman–Crippen LogP) is 2.91. The van der Waals surface area contributed by atoms with Gasteiger partial charge in [-0.1, -0.05) is 20.8 Å². The average Bonchev–Trinajstić information content (AvgIpc) is 2.51. The molecule has 1 nitrogen and oxygen atoms in total. The summed E-state index contributed by atoms with van der Waals surface area (Å²) in [6.45, 7) is 11.0. The maximum Gasteiger partial charge on any atom is 0.0239 e. The van der Waals surface area contributed by atoms with Gasteiger partial charge in [-0.15, -0.1) is 0 Å². The van der Waals surface area contributed by atoms with Crippen LogP contribution in [0, 0.1) is 11.8 Å². The number of rotatable bonds is 1. The summed E-state index contributed by atoms with van der Waals surface area (Å²) < 4.78 is 0. The van der Waals surface area contributed by atoms with Gasteiger partial charge < -0.3 is 0 Å². The van der Waals surface area contributed by atoms with E-state index < -0.39 is 0 Å². The molecule has 0 amide bonds. The maximum atomic E-state index is 2.79. The number of nitrogens with zero attached hydrogens (tertiary/aromatic N) is 1. The summed E-state index contributed by atoms with van der Waals surface area (Å²) in [6, 6.07) is 0.840. The van der Waals surface area contributed by atoms with Crippen LogP contribution in [0.1, 0.15) is 47.0 Å². The molecule has 2 rings (SSSR count). The van der Waals surface area contributed by atoms with E-state index in [9.17, 15) is 0 Å². The van der Waals surface area contributed by atoms with Crippen molar-refractivity contribution in [3.8, 4) is 0 Å². The molecule has 0 aliphatic carbocycles. The van der Waals surface area contributed by atoms with Crippen molar-refractivity contribution in [3.63, 3.8) is 0 Å². The highest BCUT2D eigenvalue weighted by Gasteiger charge is 2.51. The number of hydrogen-bond acceptors (Lipinski definition) is 1. The number of hydrogen-bond donors (Lipinski definition) is 0. The Morgan fingerprint density at radius 2 is 2.00 bits per heavy atom. The molecule has 0 aromatic heterocycles. The van der Waals surface area contributed by atoms with Crippen molar-refractivity contribution in [2.75, 3.05) is 6.54 Å². The van der Waals surface area contributed by atoms with Crippen LogP contribution in [0.15, 0.2) is 0 Å². The molecule has 76 valence electrons. The molecule has 0 aromatic rings. The van der Waals surface area contributed by atoms with Crippen LogP contribution in [0.2, 0.25) is 0 Å². The van der Waals surface area contributed by atoms with Gasteiger partial charge in [-0.05, 0) is 38.0 Å². The van der Waals surface area contributed by atoms with Crippen molar-refractivity contribution in [1.82, 2.24) is 4.90 Å². The van der Waals surface area contributed by atoms with Crippen LogP contribution in [0.25, 0.3) is 0 Å². The average molecular weight is 181 g/mol. The number of fused-ring (bicyclic) bond motifs is 1. The fourth-order valence-corrected chi connectivity index (χ4v) is 3.64. The van der Waals surface area contributed by atoms with Gasteiger partial charge in [-0.3, -0.25) is 4.90 Å². The molecule has 1 heteroatoms. The highest BCUT2D eigenvalue weighted by molar-refractivity contribution is 5.06. The van der Waals surface area contributed by atoms with Gasteiger partial charge in [0.2, 0.25) is 0 Å². The van der Waals surface area contributed by atoms with Gasteiger partial charge in [0.25, 0.3) is 0 Å². The zero-order valence-electron chi connectivity index (χ0n) is 9.51. The van der Waals surface area contributed by atoms with Crippen LogP contribution >= 0.6 is 0 Å². The van der Waals surface area contributed by atoms with Gasteiger partial charge in [0.1, 0.15) is 0 Å². The predicted molar refractivity (Wildman–Crippen MR) is 56.8 cm³/mol. The van der Waals surface area contributed by atoms with Crippen LogP contribution in [0.3, 0.4) is 0 Å². The van der Waals surface area contributed by atoms with Gasteiger partial charge in [0.15, 0.2) is 0 Å². The van der Waals surface area contributed by atoms with Crippen LogP contribution < -0.4 is 0 Å². The fourth-order valence-electron chi connectivity index (χ4n) is 3.64. The first-order chi connectivity index (χ1) is 6.06. The van der Waals surface area contributed by atoms with Crippen molar-refractivity contribution >= 4 is 0 Å². The molecule has 13 heavy (non-hydrogen) atoms. The monoisotopic (exact) mass is 181 g/mol. The molecule has 0 spiro atoms. The molecular formula is C12H23N. The Kier molecular flexibility index (Phi) is 2.18. The molecule has 0 saturated carbocycles. The third-order valence-electron chi connectivity index (χ3n) is 4.38. The largest absolute Gasteiger partial charge is 0.294 e. The second-order valence-corrected chi connectivity index (χ2v) is 5.61. The molecule has 2 aliphatic rings. The van der Waals surface area contributed by atoms with Crippen molar-refractivity contribution in [1.29, 1.82) is 0 Å². The molecule has 2 heterocycles. The Morgan fingerprint density at radius 3 is 2.54 bits per heavy atom. The minimum atomic E-state index is 0.582. The van der Waals surface area contributed by atoms with E-state index in [2.05, 4.69) is 32.6 Å². The third-order valence-corrected chi connectivity index (χ3v) is 4.38. The molecule has 0 N–H and O–H groups in total. The van der Waals surface area contributed by atoms with Crippen molar-refractivity contribution in [2.24, 2.45) is 11.8 Å². The van der Waals surface area contributed by atoms with E-state index in [4.69, 9.17) is 0 Å². The zero-order valence-corrected chi connectivity index (χ0v) is 9.51. The summed E-state index contributed by atoms with van der Waals surface area (Å²) in [4.78, 5) is 2.79. The lowest BCUT2D eigenvalue weighted by molar-refractivity contribution is 0.109. The first-order valence-electron chi connectivity index (χ1n) is 5.83. The highest BCUT2D eigenvalue weighted by atomic mass is 15.3. The van der Waals surface area contributed by atoms with E-state index in [0.29, 0.717) is 5.54 Å². The van der Waals surface area contributed by atoms with E-state index in [1.165, 1.54) is 25.8 Å². The standard InChI is InChI=1S/C12H23N/c1-9(2)12-6-5-11(4)13(12)8-10(3)7-12/h9-11H,5-8H2,1-4H3. The van der Waals surface area contributed by atoms with Crippen LogP contribution in [-0.2, 0) is 0 Å². The van der Waals surface area contributed by atoms with Gasteiger partial charge in [-0.2, -0.15) is 0 Å². The van der Waals surface area contributed by atoms with Crippen molar-refractivity contribution < 1.29 is 0 Å². The Bertz CT molecular complexity index is 199. The molecule has 0 radical (unpaired) electrons. The van der Waals surface area contributed by atoms with Crippen LogP contribution in [0.5, 0.6) is 0 Å². The van der Waals surface area contributed by atoms with E-state index in [0.717, 1.165) is 17.9 Å². The lowest BCUT2D eigenvalue weighted by Gasteiger charge is -2.38. The second-order valence-electron chi connectivity index (χ2n) is 5.61. The molecule has 2 saturated heterocycles. The molecule has 0 bridgehead atoms. The molecule has 3 atom stereocenters. The van der Waals surface area contributed by atoms with E-state index in [-0.39, 0.29) is 0 Å². The molecule has 2 fully saturated rings. The lowest BCUT2D eigenvalue weighted by atomic mass is 9.81. The first kappa shape index (κ1) is 9.51. The third kappa shape index (κ3) is 1.24. The zero-order chi connectivity index (χ0) is 9.64. The van der Waals surface area contributed by atoms with Gasteiger partial charge in [0, 0.05) is 18.1 Å². The van der Waals surface area contributed by atoms with Gasteiger partial charge in [0.05, 0.1) is 0 Å². The summed E-state index contributed by atoms with van der Waals surface area (Å²) in [5, 5.41) is 0. The quantitative estimate of drug-likeness (QED) is 0.601. The topological polar surface area (TPSA) is 3.24 Å². The van der Waals surface area contributed by atoms with E-state index >= 15 is 0 Å². The summed E-state index contributed by atoms with van der Waals surface area (Å²) in [5.74, 6) is 1.76. The molecular weight excluding hydrogens is 158 g/mol. The Morgan fingerprint density at radius 1 is 1.31 bits per heavy atom. The van der Waals surface area contributed by atoms with Gasteiger partial charge >= 0.3 is 0 Å².